The Hall–Kier alpha value is -6.94. The lowest BCUT2D eigenvalue weighted by molar-refractivity contribution is -0.155. The zero-order chi connectivity index (χ0) is 72.2. The molecule has 0 aromatic heterocycles. The average molecular weight is 1330 g/mol. The Morgan fingerprint density at radius 3 is 1.39 bits per heavy atom. The van der Waals surface area contributed by atoms with Gasteiger partial charge >= 0.3 is 6.09 Å². The van der Waals surface area contributed by atoms with Gasteiger partial charge < -0.3 is 80.6 Å². The van der Waals surface area contributed by atoms with Gasteiger partial charge in [-0.3, -0.25) is 52.7 Å². The van der Waals surface area contributed by atoms with Crippen LogP contribution < -0.4 is 26.6 Å². The van der Waals surface area contributed by atoms with Crippen molar-refractivity contribution in [2.75, 3.05) is 68.6 Å². The zero-order valence-corrected chi connectivity index (χ0v) is 60.3. The van der Waals surface area contributed by atoms with Crippen LogP contribution in [0.1, 0.15) is 150 Å². The molecule has 0 radical (unpaired) electrons. The van der Waals surface area contributed by atoms with Crippen molar-refractivity contribution in [1.82, 2.24) is 60.9 Å². The van der Waals surface area contributed by atoms with Gasteiger partial charge in [-0.2, -0.15) is 0 Å². The third-order valence-corrected chi connectivity index (χ3v) is 17.4. The highest BCUT2D eigenvalue weighted by atomic mass is 16.6. The Morgan fingerprint density at radius 2 is 0.926 bits per heavy atom. The lowest BCUT2D eigenvalue weighted by atomic mass is 9.91. The molecule has 28 heteroatoms. The molecule has 0 bridgehead atoms. The number of amides is 12. The highest BCUT2D eigenvalue weighted by Gasteiger charge is 2.47. The van der Waals surface area contributed by atoms with Crippen LogP contribution in [0.5, 0.6) is 0 Å². The molecule has 2 rings (SSSR count). The van der Waals surface area contributed by atoms with Crippen molar-refractivity contribution in [2.24, 2.45) is 35.5 Å². The lowest BCUT2D eigenvalue weighted by Gasteiger charge is -2.40. The van der Waals surface area contributed by atoms with Gasteiger partial charge in [0.2, 0.25) is 65.0 Å². The molecule has 15 atom stereocenters. The fourth-order valence-electron chi connectivity index (χ4n) is 11.7. The number of morpholine rings is 1. The van der Waals surface area contributed by atoms with Crippen molar-refractivity contribution in [3.63, 3.8) is 0 Å². The first kappa shape index (κ1) is 83.2. The highest BCUT2D eigenvalue weighted by Crippen LogP contribution is 2.25. The van der Waals surface area contributed by atoms with Crippen molar-refractivity contribution in [3.8, 4) is 0 Å². The fraction of sp³-hybridized carbons (Fsp3) is 0.788. The van der Waals surface area contributed by atoms with Crippen LogP contribution in [-0.4, -0.2) is 269 Å². The Balaban J connectivity index is 3.08. The molecule has 0 aliphatic carbocycles. The molecule has 0 aromatic carbocycles. The second-order valence-corrected chi connectivity index (χ2v) is 27.8. The van der Waals surface area contributed by atoms with E-state index < -0.39 is 168 Å². The van der Waals surface area contributed by atoms with Crippen molar-refractivity contribution in [1.29, 1.82) is 0 Å². The van der Waals surface area contributed by atoms with E-state index in [2.05, 4.69) is 26.6 Å². The van der Waals surface area contributed by atoms with Gasteiger partial charge in [0.25, 0.3) is 0 Å². The first-order valence-electron chi connectivity index (χ1n) is 33.2. The van der Waals surface area contributed by atoms with Crippen LogP contribution in [0, 0.1) is 35.5 Å². The second kappa shape index (κ2) is 38.0. The van der Waals surface area contributed by atoms with Gasteiger partial charge in [0, 0.05) is 55.4 Å². The maximum absolute atomic E-state index is 15.2. The summed E-state index contributed by atoms with van der Waals surface area (Å²) in [6.45, 7) is 28.7. The maximum Gasteiger partial charge on any atom is 0.410 e. The number of nitrogens with one attached hydrogen (secondary N) is 5. The standard InChI is InChI=1S/C66H116N12O16/c1-24-25-26-40(12)54(80)53-59(85)71-50(44(16)79)64(90)72(18)43(15)61(87)76(22)52(45(17)94-66(92)78-27-29-93-30-28-78)58(84)70-46(31-35(2)3)62(88)74(20)48(33-37(6)7)56(82)67-41(13)55(81)68-42(14)60(86)73(19)49(34-38(8)9)57(83)69-47(32-36(4)5)63(89)75(21)51(39(10)11)65(91)77(53)23/h24-25,35-54,79-80H,26-34H2,1-23H3,(H,67,82)(H,68,81)(H,69,83)(H,70,84)(H,71,85)/b25-24+/t40-,41+,42-,43-,44-,45?,46+,47+,48+,49+,50+,51+,52+,53+,54-/m1/s1. The minimum absolute atomic E-state index is 0.00124. The Morgan fingerprint density at radius 1 is 0.500 bits per heavy atom. The average Bonchev–Trinajstić information content (AvgIpc) is 0.818. The first-order chi connectivity index (χ1) is 43.5. The van der Waals surface area contributed by atoms with Crippen LogP contribution in [0.3, 0.4) is 0 Å². The third kappa shape index (κ3) is 23.2. The minimum atomic E-state index is -1.85. The minimum Gasteiger partial charge on any atom is -0.444 e. The summed E-state index contributed by atoms with van der Waals surface area (Å²) in [5, 5.41) is 37.0. The predicted molar refractivity (Wildman–Crippen MR) is 353 cm³/mol. The summed E-state index contributed by atoms with van der Waals surface area (Å²) in [5.74, 6) is -11.5. The number of hydrogen-bond acceptors (Lipinski definition) is 16. The van der Waals surface area contributed by atoms with Crippen LogP contribution in [0.2, 0.25) is 0 Å². The molecule has 2 heterocycles. The van der Waals surface area contributed by atoms with Crippen molar-refractivity contribution in [2.45, 2.75) is 235 Å². The molecular weight excluding hydrogens is 1220 g/mol. The maximum atomic E-state index is 15.2. The molecule has 0 spiro atoms. The van der Waals surface area contributed by atoms with E-state index in [1.807, 2.05) is 41.5 Å². The van der Waals surface area contributed by atoms with Crippen LogP contribution in [-0.2, 0) is 62.2 Å². The Kier molecular flexibility index (Phi) is 33.6. The molecule has 2 aliphatic heterocycles. The smallest absolute Gasteiger partial charge is 0.410 e. The van der Waals surface area contributed by atoms with Gasteiger partial charge in [-0.05, 0) is 109 Å². The van der Waals surface area contributed by atoms with E-state index in [0.29, 0.717) is 0 Å². The lowest BCUT2D eigenvalue weighted by Crippen LogP contribution is -2.65. The van der Waals surface area contributed by atoms with E-state index >= 15 is 14.4 Å². The number of aliphatic hydroxyl groups is 2. The number of carbonyl (C=O) groups is 12. The van der Waals surface area contributed by atoms with Gasteiger partial charge in [0.05, 0.1) is 25.4 Å². The van der Waals surface area contributed by atoms with Gasteiger partial charge in [0.1, 0.15) is 72.6 Å². The van der Waals surface area contributed by atoms with E-state index in [0.717, 1.165) is 24.5 Å². The van der Waals surface area contributed by atoms with Gasteiger partial charge in [0.15, 0.2) is 0 Å². The number of hydrogen-bond donors (Lipinski definition) is 7. The molecule has 28 nitrogen and oxygen atoms in total. The molecule has 7 N–H and O–H groups in total. The van der Waals surface area contributed by atoms with E-state index in [-0.39, 0.29) is 82.1 Å². The first-order valence-corrected chi connectivity index (χ1v) is 33.2. The molecular formula is C66H116N12O16. The summed E-state index contributed by atoms with van der Waals surface area (Å²) in [6, 6.07) is -15.9. The summed E-state index contributed by atoms with van der Waals surface area (Å²) in [5.41, 5.74) is 0. The number of allylic oxidation sites excluding steroid dienone is 2. The normalized spacial score (nSPS) is 27.7. The number of aliphatic hydroxyl groups excluding tert-OH is 2. The van der Waals surface area contributed by atoms with Crippen LogP contribution in [0.4, 0.5) is 4.79 Å². The molecule has 94 heavy (non-hydrogen) atoms. The van der Waals surface area contributed by atoms with Crippen molar-refractivity contribution in [3.05, 3.63) is 12.2 Å². The number of rotatable bonds is 16. The van der Waals surface area contributed by atoms with Crippen molar-refractivity contribution >= 4 is 71.1 Å². The summed E-state index contributed by atoms with van der Waals surface area (Å²) >= 11 is 0. The predicted octanol–water partition coefficient (Wildman–Crippen LogP) is 1.49. The zero-order valence-electron chi connectivity index (χ0n) is 60.3. The second-order valence-electron chi connectivity index (χ2n) is 27.8. The molecule has 0 aromatic rings. The van der Waals surface area contributed by atoms with Gasteiger partial charge in [-0.15, -0.1) is 0 Å². The number of carbonyl (C=O) groups excluding carboxylic acids is 12. The van der Waals surface area contributed by atoms with E-state index in [1.165, 1.54) is 86.7 Å². The number of nitrogens with zero attached hydrogens (tertiary/aromatic N) is 7. The quantitative estimate of drug-likeness (QED) is 0.108. The summed E-state index contributed by atoms with van der Waals surface area (Å²) < 4.78 is 11.3. The van der Waals surface area contributed by atoms with Gasteiger partial charge in [-0.1, -0.05) is 88.3 Å². The van der Waals surface area contributed by atoms with E-state index in [1.54, 1.807) is 53.7 Å². The summed E-state index contributed by atoms with van der Waals surface area (Å²) in [6.07, 6.45) is -1.66. The monoisotopic (exact) mass is 1330 g/mol. The van der Waals surface area contributed by atoms with Gasteiger partial charge in [-0.25, -0.2) is 4.79 Å². The van der Waals surface area contributed by atoms with E-state index in [4.69, 9.17) is 9.47 Å². The highest BCUT2D eigenvalue weighted by molar-refractivity contribution is 6.00. The molecule has 0 saturated carbocycles. The van der Waals surface area contributed by atoms with Crippen LogP contribution in [0.15, 0.2) is 12.2 Å². The summed E-state index contributed by atoms with van der Waals surface area (Å²) in [4.78, 5) is 184. The third-order valence-electron chi connectivity index (χ3n) is 17.4. The van der Waals surface area contributed by atoms with Crippen molar-refractivity contribution < 1.29 is 77.2 Å². The molecule has 536 valence electrons. The van der Waals surface area contributed by atoms with E-state index in [9.17, 15) is 53.4 Å². The number of likely N-dealkylation sites (N-methyl/N-ethyl adjacent to an activating group) is 6. The largest absolute Gasteiger partial charge is 0.444 e. The van der Waals surface area contributed by atoms with Crippen LogP contribution >= 0.6 is 0 Å². The molecule has 12 amide bonds. The van der Waals surface area contributed by atoms with Crippen LogP contribution in [0.25, 0.3) is 0 Å². The summed E-state index contributed by atoms with van der Waals surface area (Å²) in [7, 11) is 7.84. The fourth-order valence-corrected chi connectivity index (χ4v) is 11.7. The topological polar surface area (TPSA) is 347 Å². The molecule has 2 saturated heterocycles. The number of ether oxygens (including phenoxy) is 2. The Bertz CT molecular complexity index is 2630. The Labute approximate surface area is 558 Å². The molecule has 2 aliphatic rings. The molecule has 2 fully saturated rings. The molecule has 1 unspecified atom stereocenters. The SMILES string of the molecule is C/C=C/C[C@@H](C)[C@@H](O)[C@H]1C(=O)N[C@@H]([C@@H](C)O)C(=O)N(C)[C@H](C)C(=O)N(C)[C@@H](C(C)OC(=O)N2CCOCC2)C(=O)N[C@@H](CC(C)C)C(=O)N(C)[C@@H](CC(C)C)C(=O)N[C@@H](C)C(=O)N[C@H](C)C(=O)N(C)[C@@H](CC(C)C)C(=O)N[C@@H](CC(C)C)C(=O)N(C)[C@@H](C(C)C)C(=O)N1C.